The van der Waals surface area contributed by atoms with Crippen molar-refractivity contribution in [2.45, 2.75) is 25.3 Å². The van der Waals surface area contributed by atoms with Gasteiger partial charge in [0.2, 0.25) is 0 Å². The summed E-state index contributed by atoms with van der Waals surface area (Å²) in [7, 11) is 1.36. The number of non-ortho nitro benzene ring substituents is 1. The van der Waals surface area contributed by atoms with E-state index in [0.717, 1.165) is 19.3 Å². The average Bonchev–Trinajstić information content (AvgIpc) is 2.26. The summed E-state index contributed by atoms with van der Waals surface area (Å²) in [5, 5.41) is 20.8. The molecule has 6 nitrogen and oxygen atoms in total. The number of nitrogens with zero attached hydrogens (tertiary/aromatic N) is 1. The normalized spacial score (nSPS) is 17.0. The fourth-order valence-electron chi connectivity index (χ4n) is 2.18. The van der Waals surface area contributed by atoms with Crippen molar-refractivity contribution in [1.82, 2.24) is 0 Å². The second-order valence-electron chi connectivity index (χ2n) is 4.56. The van der Waals surface area contributed by atoms with Gasteiger partial charge in [0.1, 0.15) is 0 Å². The number of nitro groups is 1. The maximum absolute atomic E-state index is 10.8. The first-order valence-electron chi connectivity index (χ1n) is 5.85. The highest BCUT2D eigenvalue weighted by Crippen LogP contribution is 2.43. The first-order chi connectivity index (χ1) is 8.54. The lowest BCUT2D eigenvalue weighted by atomic mass is 9.77. The van der Waals surface area contributed by atoms with Crippen LogP contribution in [0.3, 0.4) is 0 Å². The summed E-state index contributed by atoms with van der Waals surface area (Å²) in [6.45, 7) is 0. The molecule has 2 rings (SSSR count). The molecule has 0 aromatic heterocycles. The van der Waals surface area contributed by atoms with E-state index < -0.39 is 4.92 Å². The third-order valence-electron chi connectivity index (χ3n) is 3.54. The summed E-state index contributed by atoms with van der Waals surface area (Å²) in [5.41, 5.74) is 6.33. The minimum atomic E-state index is -0.515. The Morgan fingerprint density at radius 2 is 2.22 bits per heavy atom. The Bertz CT molecular complexity index is 471. The van der Waals surface area contributed by atoms with E-state index in [9.17, 15) is 15.2 Å². The lowest BCUT2D eigenvalue weighted by molar-refractivity contribution is -0.385. The van der Waals surface area contributed by atoms with Gasteiger partial charge in [-0.05, 0) is 18.8 Å². The summed E-state index contributed by atoms with van der Waals surface area (Å²) in [6, 6.07) is 2.15. The first-order valence-corrected chi connectivity index (χ1v) is 5.85. The molecule has 0 unspecified atom stereocenters. The van der Waals surface area contributed by atoms with Gasteiger partial charge in [0.15, 0.2) is 11.5 Å². The summed E-state index contributed by atoms with van der Waals surface area (Å²) in [6.07, 6.45) is 3.10. The van der Waals surface area contributed by atoms with E-state index in [4.69, 9.17) is 10.5 Å². The van der Waals surface area contributed by atoms with Crippen LogP contribution in [0.4, 0.5) is 5.69 Å². The van der Waals surface area contributed by atoms with Crippen LogP contribution in [0.2, 0.25) is 0 Å². The number of nitro benzene ring substituents is 1. The summed E-state index contributed by atoms with van der Waals surface area (Å²) in [5.74, 6) is 0.277. The van der Waals surface area contributed by atoms with Crippen molar-refractivity contribution >= 4 is 5.69 Å². The smallest absolute Gasteiger partial charge is 0.273 e. The molecule has 1 aliphatic rings. The van der Waals surface area contributed by atoms with Crippen LogP contribution in [-0.4, -0.2) is 17.1 Å². The largest absolute Gasteiger partial charge is 0.504 e. The lowest BCUT2D eigenvalue weighted by Crippen LogP contribution is -2.27. The highest BCUT2D eigenvalue weighted by molar-refractivity contribution is 5.54. The molecule has 0 amide bonds. The van der Waals surface area contributed by atoms with Crippen molar-refractivity contribution in [2.24, 2.45) is 11.7 Å². The Labute approximate surface area is 105 Å². The van der Waals surface area contributed by atoms with E-state index in [2.05, 4.69) is 0 Å². The number of phenols is 1. The molecular formula is C12H16N2O4. The monoisotopic (exact) mass is 252 g/mol. The predicted octanol–water partition coefficient (Wildman–Crippen LogP) is 2.11. The molecule has 0 spiro atoms. The number of aromatic hydroxyl groups is 1. The minimum absolute atomic E-state index is 0.0916. The highest BCUT2D eigenvalue weighted by atomic mass is 16.6. The van der Waals surface area contributed by atoms with Crippen LogP contribution in [0, 0.1) is 16.0 Å². The third kappa shape index (κ3) is 2.11. The zero-order valence-corrected chi connectivity index (χ0v) is 10.1. The van der Waals surface area contributed by atoms with Crippen LogP contribution in [-0.2, 0) is 0 Å². The van der Waals surface area contributed by atoms with Crippen molar-refractivity contribution in [3.63, 3.8) is 0 Å². The maximum atomic E-state index is 10.8. The summed E-state index contributed by atoms with van der Waals surface area (Å²) in [4.78, 5) is 10.3. The fourth-order valence-corrected chi connectivity index (χ4v) is 2.18. The van der Waals surface area contributed by atoms with Gasteiger partial charge in [-0.2, -0.15) is 0 Å². The Balaban J connectivity index is 2.43. The van der Waals surface area contributed by atoms with E-state index in [1.807, 2.05) is 0 Å². The molecule has 0 radical (unpaired) electrons. The van der Waals surface area contributed by atoms with Crippen LogP contribution >= 0.6 is 0 Å². The average molecular weight is 252 g/mol. The molecule has 1 saturated carbocycles. The molecule has 6 heteroatoms. The molecule has 0 aliphatic heterocycles. The maximum Gasteiger partial charge on any atom is 0.273 e. The predicted molar refractivity (Wildman–Crippen MR) is 65.6 cm³/mol. The molecular weight excluding hydrogens is 236 g/mol. The second kappa shape index (κ2) is 4.81. The SMILES string of the molecule is COc1cc([N+](=O)[O-])cc([C@@H](N)C2CCC2)c1O. The van der Waals surface area contributed by atoms with Crippen LogP contribution in [0.1, 0.15) is 30.9 Å². The van der Waals surface area contributed by atoms with Gasteiger partial charge in [-0.15, -0.1) is 0 Å². The Hall–Kier alpha value is -1.82. The quantitative estimate of drug-likeness (QED) is 0.631. The number of methoxy groups -OCH3 is 1. The molecule has 1 fully saturated rings. The van der Waals surface area contributed by atoms with Crippen LogP contribution in [0.25, 0.3) is 0 Å². The highest BCUT2D eigenvalue weighted by Gasteiger charge is 2.30. The molecule has 1 atom stereocenters. The molecule has 1 aromatic carbocycles. The van der Waals surface area contributed by atoms with Crippen LogP contribution in [0.5, 0.6) is 11.5 Å². The standard InChI is InChI=1S/C12H16N2O4/c1-18-10-6-8(14(16)17)5-9(12(10)15)11(13)7-3-2-4-7/h5-7,11,15H,2-4,13H2,1H3/t11-/m0/s1. The first kappa shape index (κ1) is 12.6. The van der Waals surface area contributed by atoms with Gasteiger partial charge in [0, 0.05) is 17.7 Å². The van der Waals surface area contributed by atoms with E-state index >= 15 is 0 Å². The van der Waals surface area contributed by atoms with E-state index in [0.29, 0.717) is 5.56 Å². The van der Waals surface area contributed by atoms with Crippen molar-refractivity contribution in [3.05, 3.63) is 27.8 Å². The molecule has 18 heavy (non-hydrogen) atoms. The number of benzene rings is 1. The molecule has 0 saturated heterocycles. The molecule has 0 heterocycles. The number of ether oxygens (including phenoxy) is 1. The Kier molecular flexibility index (Phi) is 3.38. The van der Waals surface area contributed by atoms with Crippen molar-refractivity contribution in [3.8, 4) is 11.5 Å². The van der Waals surface area contributed by atoms with Crippen molar-refractivity contribution < 1.29 is 14.8 Å². The van der Waals surface area contributed by atoms with Gasteiger partial charge in [-0.25, -0.2) is 0 Å². The Morgan fingerprint density at radius 3 is 2.67 bits per heavy atom. The zero-order valence-electron chi connectivity index (χ0n) is 10.1. The molecule has 1 aliphatic carbocycles. The number of hydrogen-bond acceptors (Lipinski definition) is 5. The van der Waals surface area contributed by atoms with Gasteiger partial charge in [-0.3, -0.25) is 10.1 Å². The molecule has 1 aromatic rings. The van der Waals surface area contributed by atoms with Gasteiger partial charge in [-0.1, -0.05) is 6.42 Å². The van der Waals surface area contributed by atoms with Gasteiger partial charge >= 0.3 is 0 Å². The summed E-state index contributed by atoms with van der Waals surface area (Å²) < 4.78 is 4.95. The fraction of sp³-hybridized carbons (Fsp3) is 0.500. The van der Waals surface area contributed by atoms with Crippen LogP contribution < -0.4 is 10.5 Å². The van der Waals surface area contributed by atoms with E-state index in [1.54, 1.807) is 0 Å². The zero-order chi connectivity index (χ0) is 13.3. The topological polar surface area (TPSA) is 98.6 Å². The van der Waals surface area contributed by atoms with E-state index in [-0.39, 0.29) is 29.1 Å². The number of hydrogen-bond donors (Lipinski definition) is 2. The number of phenolic OH excluding ortho intramolecular Hbond substituents is 1. The van der Waals surface area contributed by atoms with Crippen molar-refractivity contribution in [2.75, 3.05) is 7.11 Å². The molecule has 98 valence electrons. The van der Waals surface area contributed by atoms with Gasteiger partial charge < -0.3 is 15.6 Å². The summed E-state index contributed by atoms with van der Waals surface area (Å²) >= 11 is 0. The number of rotatable bonds is 4. The lowest BCUT2D eigenvalue weighted by Gasteiger charge is -2.31. The van der Waals surface area contributed by atoms with E-state index in [1.165, 1.54) is 19.2 Å². The van der Waals surface area contributed by atoms with Gasteiger partial charge in [0.25, 0.3) is 5.69 Å². The Morgan fingerprint density at radius 1 is 1.56 bits per heavy atom. The van der Waals surface area contributed by atoms with Crippen LogP contribution in [0.15, 0.2) is 12.1 Å². The minimum Gasteiger partial charge on any atom is -0.504 e. The van der Waals surface area contributed by atoms with Gasteiger partial charge in [0.05, 0.1) is 18.1 Å². The molecule has 3 N–H and O–H groups in total. The third-order valence-corrected chi connectivity index (χ3v) is 3.54. The second-order valence-corrected chi connectivity index (χ2v) is 4.56. The van der Waals surface area contributed by atoms with Crippen molar-refractivity contribution in [1.29, 1.82) is 0 Å². The molecule has 0 bridgehead atoms. The number of nitrogens with two attached hydrogens (primary N) is 1.